The summed E-state index contributed by atoms with van der Waals surface area (Å²) in [6, 6.07) is -0.143. The minimum Gasteiger partial charge on any atom is -0.481 e. The van der Waals surface area contributed by atoms with Gasteiger partial charge in [0.2, 0.25) is 0 Å². The molecule has 5 nitrogen and oxygen atoms in total. The molecule has 0 aromatic heterocycles. The molecule has 0 unspecified atom stereocenters. The fourth-order valence-corrected chi connectivity index (χ4v) is 2.72. The van der Waals surface area contributed by atoms with E-state index in [-0.39, 0.29) is 12.6 Å². The number of nitrogens with zero attached hydrogens (tertiary/aromatic N) is 1. The van der Waals surface area contributed by atoms with E-state index in [9.17, 15) is 14.7 Å². The zero-order valence-electron chi connectivity index (χ0n) is 12.1. The Kier molecular flexibility index (Phi) is 6.12. The zero-order valence-corrected chi connectivity index (χ0v) is 12.1. The van der Waals surface area contributed by atoms with Crippen LogP contribution in [0.15, 0.2) is 0 Å². The van der Waals surface area contributed by atoms with Crippen LogP contribution in [0.4, 0.5) is 4.79 Å². The molecule has 2 amide bonds. The molecule has 0 aliphatic heterocycles. The molecule has 0 saturated heterocycles. The second kappa shape index (κ2) is 7.36. The molecule has 0 heterocycles. The number of hydrogen-bond acceptors (Lipinski definition) is 2. The maximum atomic E-state index is 12.0. The summed E-state index contributed by atoms with van der Waals surface area (Å²) in [6.45, 7) is 5.57. The monoisotopic (exact) mass is 270 g/mol. The Bertz CT molecular complexity index is 312. The first-order valence-corrected chi connectivity index (χ1v) is 7.32. The number of aliphatic carboxylic acids is 1. The number of nitrogens with one attached hydrogen (secondary N) is 1. The highest BCUT2D eigenvalue weighted by Crippen LogP contribution is 2.36. The van der Waals surface area contributed by atoms with Crippen LogP contribution in [0.5, 0.6) is 0 Å². The van der Waals surface area contributed by atoms with Gasteiger partial charge >= 0.3 is 12.0 Å². The van der Waals surface area contributed by atoms with Crippen LogP contribution in [-0.4, -0.2) is 41.6 Å². The molecule has 1 aliphatic rings. The lowest BCUT2D eigenvalue weighted by Gasteiger charge is -2.34. The standard InChI is InChI=1S/C14H26N2O3/c1-3-10-16(4-2)13(19)15-11-14(12(17)18)8-6-5-7-9-14/h3-11H2,1-2H3,(H,15,19)(H,17,18). The molecule has 1 saturated carbocycles. The molecule has 19 heavy (non-hydrogen) atoms. The van der Waals surface area contributed by atoms with E-state index in [2.05, 4.69) is 5.32 Å². The average molecular weight is 270 g/mol. The average Bonchev–Trinajstić information content (AvgIpc) is 2.43. The molecule has 0 spiro atoms. The van der Waals surface area contributed by atoms with Crippen LogP contribution in [0.2, 0.25) is 0 Å². The number of amides is 2. The topological polar surface area (TPSA) is 69.6 Å². The summed E-state index contributed by atoms with van der Waals surface area (Å²) in [5, 5.41) is 12.3. The van der Waals surface area contributed by atoms with Gasteiger partial charge < -0.3 is 15.3 Å². The second-order valence-corrected chi connectivity index (χ2v) is 5.38. The molecule has 0 aromatic rings. The van der Waals surface area contributed by atoms with Gasteiger partial charge in [0.05, 0.1) is 5.41 Å². The summed E-state index contributed by atoms with van der Waals surface area (Å²) in [6.07, 6.45) is 5.22. The van der Waals surface area contributed by atoms with E-state index in [1.807, 2.05) is 13.8 Å². The predicted octanol–water partition coefficient (Wildman–Crippen LogP) is 2.46. The highest BCUT2D eigenvalue weighted by atomic mass is 16.4. The van der Waals surface area contributed by atoms with Gasteiger partial charge in [0.25, 0.3) is 0 Å². The minimum atomic E-state index is -0.772. The highest BCUT2D eigenvalue weighted by molar-refractivity contribution is 5.78. The fourth-order valence-electron chi connectivity index (χ4n) is 2.72. The molecule has 0 radical (unpaired) electrons. The lowest BCUT2D eigenvalue weighted by Crippen LogP contribution is -2.48. The number of carbonyl (C=O) groups is 2. The van der Waals surface area contributed by atoms with Crippen molar-refractivity contribution in [3.8, 4) is 0 Å². The van der Waals surface area contributed by atoms with Gasteiger partial charge in [-0.1, -0.05) is 26.2 Å². The molecule has 2 N–H and O–H groups in total. The van der Waals surface area contributed by atoms with Gasteiger partial charge in [0.1, 0.15) is 0 Å². The Morgan fingerprint density at radius 2 is 1.84 bits per heavy atom. The van der Waals surface area contributed by atoms with Crippen molar-refractivity contribution in [3.05, 3.63) is 0 Å². The van der Waals surface area contributed by atoms with Crippen molar-refractivity contribution in [2.24, 2.45) is 5.41 Å². The van der Waals surface area contributed by atoms with E-state index in [4.69, 9.17) is 0 Å². The Hall–Kier alpha value is -1.26. The van der Waals surface area contributed by atoms with E-state index >= 15 is 0 Å². The summed E-state index contributed by atoms with van der Waals surface area (Å²) in [7, 11) is 0. The Labute approximate surface area is 115 Å². The van der Waals surface area contributed by atoms with Crippen molar-refractivity contribution in [3.63, 3.8) is 0 Å². The Morgan fingerprint density at radius 3 is 2.32 bits per heavy atom. The third-order valence-corrected chi connectivity index (χ3v) is 4.00. The lowest BCUT2D eigenvalue weighted by molar-refractivity contribution is -0.150. The number of hydrogen-bond donors (Lipinski definition) is 2. The summed E-state index contributed by atoms with van der Waals surface area (Å²) in [5.74, 6) is -0.772. The van der Waals surface area contributed by atoms with Crippen LogP contribution in [-0.2, 0) is 4.79 Å². The predicted molar refractivity (Wildman–Crippen MR) is 74.1 cm³/mol. The normalized spacial score (nSPS) is 17.8. The van der Waals surface area contributed by atoms with Gasteiger partial charge in [-0.15, -0.1) is 0 Å². The summed E-state index contributed by atoms with van der Waals surface area (Å²) >= 11 is 0. The maximum absolute atomic E-state index is 12.0. The molecule has 110 valence electrons. The van der Waals surface area contributed by atoms with E-state index in [1.54, 1.807) is 4.90 Å². The van der Waals surface area contributed by atoms with E-state index in [1.165, 1.54) is 0 Å². The number of carboxylic acid groups (broad SMARTS) is 1. The molecule has 0 atom stereocenters. The number of urea groups is 1. The Balaban J connectivity index is 2.56. The van der Waals surface area contributed by atoms with E-state index in [0.29, 0.717) is 25.9 Å². The zero-order chi connectivity index (χ0) is 14.3. The van der Waals surface area contributed by atoms with Gasteiger partial charge in [-0.25, -0.2) is 4.79 Å². The van der Waals surface area contributed by atoms with Crippen molar-refractivity contribution in [1.29, 1.82) is 0 Å². The van der Waals surface area contributed by atoms with Crippen molar-refractivity contribution in [2.45, 2.75) is 52.4 Å². The van der Waals surface area contributed by atoms with Crippen molar-refractivity contribution >= 4 is 12.0 Å². The summed E-state index contributed by atoms with van der Waals surface area (Å²) in [4.78, 5) is 25.2. The largest absolute Gasteiger partial charge is 0.481 e. The van der Waals surface area contributed by atoms with Crippen LogP contribution in [0.1, 0.15) is 52.4 Å². The fraction of sp³-hybridized carbons (Fsp3) is 0.857. The lowest BCUT2D eigenvalue weighted by atomic mass is 9.74. The summed E-state index contributed by atoms with van der Waals surface area (Å²) < 4.78 is 0. The van der Waals surface area contributed by atoms with E-state index < -0.39 is 11.4 Å². The first-order valence-electron chi connectivity index (χ1n) is 7.32. The highest BCUT2D eigenvalue weighted by Gasteiger charge is 2.39. The molecule has 0 bridgehead atoms. The van der Waals surface area contributed by atoms with Crippen LogP contribution in [0.3, 0.4) is 0 Å². The quantitative estimate of drug-likeness (QED) is 0.779. The third-order valence-electron chi connectivity index (χ3n) is 4.00. The van der Waals surface area contributed by atoms with Crippen LogP contribution in [0, 0.1) is 5.41 Å². The minimum absolute atomic E-state index is 0.143. The number of carbonyl (C=O) groups excluding carboxylic acids is 1. The van der Waals surface area contributed by atoms with Crippen molar-refractivity contribution in [2.75, 3.05) is 19.6 Å². The van der Waals surface area contributed by atoms with Crippen LogP contribution in [0.25, 0.3) is 0 Å². The third kappa shape index (κ3) is 4.11. The van der Waals surface area contributed by atoms with Crippen molar-refractivity contribution < 1.29 is 14.7 Å². The van der Waals surface area contributed by atoms with Crippen LogP contribution < -0.4 is 5.32 Å². The summed E-state index contributed by atoms with van der Waals surface area (Å²) in [5.41, 5.74) is -0.750. The molecule has 5 heteroatoms. The van der Waals surface area contributed by atoms with Gasteiger partial charge in [0, 0.05) is 19.6 Å². The van der Waals surface area contributed by atoms with Gasteiger partial charge in [-0.3, -0.25) is 4.79 Å². The molecular formula is C14H26N2O3. The molecule has 1 aliphatic carbocycles. The molecule has 1 rings (SSSR count). The SMILES string of the molecule is CCCN(CC)C(=O)NCC1(C(=O)O)CCCCC1. The number of carboxylic acids is 1. The Morgan fingerprint density at radius 1 is 1.21 bits per heavy atom. The van der Waals surface area contributed by atoms with Crippen LogP contribution >= 0.6 is 0 Å². The van der Waals surface area contributed by atoms with E-state index in [0.717, 1.165) is 25.7 Å². The molecule has 1 fully saturated rings. The maximum Gasteiger partial charge on any atom is 0.317 e. The second-order valence-electron chi connectivity index (χ2n) is 5.38. The molecule has 0 aromatic carbocycles. The van der Waals surface area contributed by atoms with Gasteiger partial charge in [0.15, 0.2) is 0 Å². The molecular weight excluding hydrogens is 244 g/mol. The number of rotatable bonds is 6. The van der Waals surface area contributed by atoms with Crippen molar-refractivity contribution in [1.82, 2.24) is 10.2 Å². The first kappa shape index (κ1) is 15.8. The van der Waals surface area contributed by atoms with Gasteiger partial charge in [-0.2, -0.15) is 0 Å². The van der Waals surface area contributed by atoms with Gasteiger partial charge in [-0.05, 0) is 26.2 Å². The first-order chi connectivity index (χ1) is 9.05. The smallest absolute Gasteiger partial charge is 0.317 e.